The SMILES string of the molecule is CN(C)CCSc1nnc(CNC(=O)C2(c3ccc(Cl)cc3)CC2)n1C. The van der Waals surface area contributed by atoms with E-state index in [2.05, 4.69) is 20.4 Å². The number of carbonyl (C=O) groups is 1. The topological polar surface area (TPSA) is 63.1 Å². The highest BCUT2D eigenvalue weighted by atomic mass is 35.5. The van der Waals surface area contributed by atoms with Gasteiger partial charge in [-0.15, -0.1) is 10.2 Å². The zero-order valence-electron chi connectivity index (χ0n) is 15.3. The molecule has 1 heterocycles. The lowest BCUT2D eigenvalue weighted by Gasteiger charge is -2.15. The number of nitrogens with one attached hydrogen (secondary N) is 1. The molecule has 0 saturated heterocycles. The third-order valence-corrected chi connectivity index (χ3v) is 5.94. The number of rotatable bonds is 8. The molecule has 1 saturated carbocycles. The lowest BCUT2D eigenvalue weighted by molar-refractivity contribution is -0.123. The summed E-state index contributed by atoms with van der Waals surface area (Å²) < 4.78 is 1.95. The maximum atomic E-state index is 12.7. The average Bonchev–Trinajstić information content (AvgIpc) is 3.34. The van der Waals surface area contributed by atoms with E-state index >= 15 is 0 Å². The molecule has 0 radical (unpaired) electrons. The number of halogens is 1. The molecular weight excluding hydrogens is 370 g/mol. The fourth-order valence-electron chi connectivity index (χ4n) is 2.81. The Hall–Kier alpha value is -1.57. The first-order chi connectivity index (χ1) is 12.4. The number of hydrogen-bond acceptors (Lipinski definition) is 5. The van der Waals surface area contributed by atoms with Crippen LogP contribution in [0.5, 0.6) is 0 Å². The maximum Gasteiger partial charge on any atom is 0.231 e. The van der Waals surface area contributed by atoms with Crippen LogP contribution in [0.15, 0.2) is 29.4 Å². The summed E-state index contributed by atoms with van der Waals surface area (Å²) >= 11 is 7.62. The van der Waals surface area contributed by atoms with Gasteiger partial charge in [0.05, 0.1) is 12.0 Å². The standard InChI is InChI=1S/C18H24ClN5OS/c1-23(2)10-11-26-17-22-21-15(24(17)3)12-20-16(25)18(8-9-18)13-4-6-14(19)7-5-13/h4-7H,8-12H2,1-3H3,(H,20,25). The van der Waals surface area contributed by atoms with E-state index < -0.39 is 5.41 Å². The van der Waals surface area contributed by atoms with Gasteiger partial charge in [-0.1, -0.05) is 35.5 Å². The van der Waals surface area contributed by atoms with Crippen LogP contribution in [0, 0.1) is 0 Å². The van der Waals surface area contributed by atoms with Crippen LogP contribution in [-0.4, -0.2) is 52.0 Å². The minimum atomic E-state index is -0.410. The highest BCUT2D eigenvalue weighted by Crippen LogP contribution is 2.48. The fraction of sp³-hybridized carbons (Fsp3) is 0.500. The summed E-state index contributed by atoms with van der Waals surface area (Å²) in [6.45, 7) is 1.36. The monoisotopic (exact) mass is 393 g/mol. The molecule has 2 aromatic rings. The Balaban J connectivity index is 1.58. The Morgan fingerprint density at radius 1 is 1.31 bits per heavy atom. The highest BCUT2D eigenvalue weighted by Gasteiger charge is 2.51. The van der Waals surface area contributed by atoms with Gasteiger partial charge in [-0.25, -0.2) is 0 Å². The summed E-state index contributed by atoms with van der Waals surface area (Å²) in [6.07, 6.45) is 1.73. The zero-order valence-corrected chi connectivity index (χ0v) is 16.9. The van der Waals surface area contributed by atoms with Gasteiger partial charge >= 0.3 is 0 Å². The molecule has 1 aliphatic rings. The number of amides is 1. The van der Waals surface area contributed by atoms with Crippen LogP contribution < -0.4 is 5.32 Å². The van der Waals surface area contributed by atoms with Gasteiger partial charge < -0.3 is 14.8 Å². The minimum absolute atomic E-state index is 0.0460. The number of thioether (sulfide) groups is 1. The van der Waals surface area contributed by atoms with Crippen LogP contribution >= 0.6 is 23.4 Å². The van der Waals surface area contributed by atoms with Gasteiger partial charge in [-0.05, 0) is 44.6 Å². The summed E-state index contributed by atoms with van der Waals surface area (Å²) in [5, 5.41) is 13.0. The van der Waals surface area contributed by atoms with Crippen molar-refractivity contribution < 1.29 is 4.79 Å². The molecule has 0 unspecified atom stereocenters. The molecule has 1 aromatic carbocycles. The predicted molar refractivity (Wildman–Crippen MR) is 104 cm³/mol. The molecule has 1 aromatic heterocycles. The first-order valence-electron chi connectivity index (χ1n) is 8.62. The van der Waals surface area contributed by atoms with Crippen molar-refractivity contribution in [2.24, 2.45) is 7.05 Å². The molecule has 0 bridgehead atoms. The van der Waals surface area contributed by atoms with Crippen molar-refractivity contribution in [3.05, 3.63) is 40.7 Å². The summed E-state index contributed by atoms with van der Waals surface area (Å²) in [5.41, 5.74) is 0.615. The van der Waals surface area contributed by atoms with Crippen molar-refractivity contribution in [3.63, 3.8) is 0 Å². The lowest BCUT2D eigenvalue weighted by atomic mass is 9.95. The molecule has 1 aliphatic carbocycles. The smallest absolute Gasteiger partial charge is 0.231 e. The van der Waals surface area contributed by atoms with Crippen molar-refractivity contribution in [1.29, 1.82) is 0 Å². The van der Waals surface area contributed by atoms with Crippen molar-refractivity contribution in [3.8, 4) is 0 Å². The van der Waals surface area contributed by atoms with Crippen LogP contribution in [0.4, 0.5) is 0 Å². The molecule has 6 nitrogen and oxygen atoms in total. The number of hydrogen-bond donors (Lipinski definition) is 1. The molecule has 0 aliphatic heterocycles. The van der Waals surface area contributed by atoms with Gasteiger partial charge in [0.1, 0.15) is 0 Å². The van der Waals surface area contributed by atoms with Crippen LogP contribution in [0.1, 0.15) is 24.2 Å². The van der Waals surface area contributed by atoms with Crippen molar-refractivity contribution in [2.75, 3.05) is 26.4 Å². The molecule has 0 atom stereocenters. The normalized spacial score (nSPS) is 15.3. The lowest BCUT2D eigenvalue weighted by Crippen LogP contribution is -2.35. The zero-order chi connectivity index (χ0) is 18.7. The van der Waals surface area contributed by atoms with E-state index in [0.29, 0.717) is 11.6 Å². The first kappa shape index (κ1) is 19.2. The largest absolute Gasteiger partial charge is 0.348 e. The van der Waals surface area contributed by atoms with Crippen LogP contribution in [0.2, 0.25) is 5.02 Å². The Kier molecular flexibility index (Phi) is 5.89. The van der Waals surface area contributed by atoms with Gasteiger partial charge in [0.25, 0.3) is 0 Å². The summed E-state index contributed by atoms with van der Waals surface area (Å²) in [7, 11) is 6.03. The Morgan fingerprint density at radius 3 is 2.62 bits per heavy atom. The highest BCUT2D eigenvalue weighted by molar-refractivity contribution is 7.99. The second kappa shape index (κ2) is 7.98. The van der Waals surface area contributed by atoms with Gasteiger partial charge in [0.15, 0.2) is 11.0 Å². The summed E-state index contributed by atoms with van der Waals surface area (Å²) in [5.74, 6) is 1.76. The molecule has 8 heteroatoms. The van der Waals surface area contributed by atoms with Crippen molar-refractivity contribution in [2.45, 2.75) is 30.0 Å². The quantitative estimate of drug-likeness (QED) is 0.698. The van der Waals surface area contributed by atoms with E-state index in [1.165, 1.54) is 0 Å². The molecule has 1 fully saturated rings. The van der Waals surface area contributed by atoms with Crippen molar-refractivity contribution in [1.82, 2.24) is 25.0 Å². The Labute approximate surface area is 163 Å². The molecule has 1 N–H and O–H groups in total. The Morgan fingerprint density at radius 2 is 2.00 bits per heavy atom. The second-order valence-corrected chi connectivity index (χ2v) is 8.38. The molecule has 140 valence electrons. The van der Waals surface area contributed by atoms with Gasteiger partial charge in [0, 0.05) is 24.4 Å². The van der Waals surface area contributed by atoms with Crippen LogP contribution in [0.3, 0.4) is 0 Å². The third-order valence-electron chi connectivity index (χ3n) is 4.68. The van der Waals surface area contributed by atoms with Crippen molar-refractivity contribution >= 4 is 29.3 Å². The van der Waals surface area contributed by atoms with E-state index in [0.717, 1.165) is 41.7 Å². The first-order valence-corrected chi connectivity index (χ1v) is 9.99. The number of carbonyl (C=O) groups excluding carboxylic acids is 1. The van der Waals surface area contributed by atoms with E-state index in [9.17, 15) is 4.79 Å². The average molecular weight is 394 g/mol. The van der Waals surface area contributed by atoms with Crippen LogP contribution in [0.25, 0.3) is 0 Å². The molecule has 26 heavy (non-hydrogen) atoms. The Bertz CT molecular complexity index is 770. The van der Waals surface area contributed by atoms with E-state index in [1.54, 1.807) is 11.8 Å². The summed E-state index contributed by atoms with van der Waals surface area (Å²) in [4.78, 5) is 14.9. The number of benzene rings is 1. The summed E-state index contributed by atoms with van der Waals surface area (Å²) in [6, 6.07) is 7.56. The number of aromatic nitrogens is 3. The maximum absolute atomic E-state index is 12.7. The fourth-order valence-corrected chi connectivity index (χ4v) is 3.98. The third kappa shape index (κ3) is 4.22. The molecular formula is C18H24ClN5OS. The van der Waals surface area contributed by atoms with Crippen LogP contribution in [-0.2, 0) is 23.8 Å². The molecule has 0 spiro atoms. The van der Waals surface area contributed by atoms with E-state index in [4.69, 9.17) is 11.6 Å². The molecule has 3 rings (SSSR count). The number of nitrogens with zero attached hydrogens (tertiary/aromatic N) is 4. The molecule has 1 amide bonds. The predicted octanol–water partition coefficient (Wildman–Crippen LogP) is 2.47. The minimum Gasteiger partial charge on any atom is -0.348 e. The van der Waals surface area contributed by atoms with E-state index in [1.807, 2.05) is 50.0 Å². The van der Waals surface area contributed by atoms with Gasteiger partial charge in [-0.3, -0.25) is 4.79 Å². The van der Waals surface area contributed by atoms with Gasteiger partial charge in [0.2, 0.25) is 5.91 Å². The van der Waals surface area contributed by atoms with Gasteiger partial charge in [-0.2, -0.15) is 0 Å². The van der Waals surface area contributed by atoms with E-state index in [-0.39, 0.29) is 5.91 Å². The second-order valence-electron chi connectivity index (χ2n) is 6.88.